The number of benzene rings is 1. The number of hydrogen-bond donors (Lipinski definition) is 1. The summed E-state index contributed by atoms with van der Waals surface area (Å²) in [4.78, 5) is 0. The van der Waals surface area contributed by atoms with Crippen molar-refractivity contribution in [2.24, 2.45) is 0 Å². The zero-order valence-corrected chi connectivity index (χ0v) is 12.4. The van der Waals surface area contributed by atoms with Crippen LogP contribution >= 0.6 is 0 Å². The van der Waals surface area contributed by atoms with Crippen LogP contribution in [0.1, 0.15) is 38.7 Å². The third kappa shape index (κ3) is 4.06. The Morgan fingerprint density at radius 3 is 2.75 bits per heavy atom. The molecule has 1 aliphatic rings. The van der Waals surface area contributed by atoms with Crippen LogP contribution in [0.25, 0.3) is 6.08 Å². The number of aliphatic hydroxyl groups excluding tert-OH is 1. The molecule has 0 aliphatic carbocycles. The quantitative estimate of drug-likeness (QED) is 0.822. The molecule has 1 saturated heterocycles. The standard InChI is InChI=1S/C18H24O2/c1-15(2)13-17-10-12-18(14-19,20-17)11-6-9-16-7-4-3-5-8-16/h3-9,13,17,19H,10-12,14H2,1-2H3/b9-6+/t17-,18-/m0/s1. The van der Waals surface area contributed by atoms with E-state index in [0.717, 1.165) is 19.3 Å². The molecule has 108 valence electrons. The maximum Gasteiger partial charge on any atom is 0.0955 e. The van der Waals surface area contributed by atoms with E-state index < -0.39 is 5.60 Å². The average molecular weight is 272 g/mol. The van der Waals surface area contributed by atoms with Gasteiger partial charge in [0.15, 0.2) is 0 Å². The third-order valence-corrected chi connectivity index (χ3v) is 3.69. The predicted octanol–water partition coefficient (Wildman–Crippen LogP) is 3.97. The van der Waals surface area contributed by atoms with Gasteiger partial charge in [-0.25, -0.2) is 0 Å². The Balaban J connectivity index is 1.96. The second-order valence-corrected chi connectivity index (χ2v) is 5.80. The van der Waals surface area contributed by atoms with Gasteiger partial charge in [0.1, 0.15) is 0 Å². The molecule has 0 amide bonds. The second kappa shape index (κ2) is 6.87. The van der Waals surface area contributed by atoms with Crippen LogP contribution in [-0.2, 0) is 4.74 Å². The average Bonchev–Trinajstić information content (AvgIpc) is 2.83. The molecule has 2 atom stereocenters. The van der Waals surface area contributed by atoms with E-state index in [2.05, 4.69) is 44.2 Å². The minimum Gasteiger partial charge on any atom is -0.393 e. The maximum absolute atomic E-state index is 9.69. The highest BCUT2D eigenvalue weighted by atomic mass is 16.5. The van der Waals surface area contributed by atoms with E-state index in [4.69, 9.17) is 4.74 Å². The zero-order chi connectivity index (χ0) is 14.4. The van der Waals surface area contributed by atoms with Gasteiger partial charge in [0.2, 0.25) is 0 Å². The smallest absolute Gasteiger partial charge is 0.0955 e. The summed E-state index contributed by atoms with van der Waals surface area (Å²) in [5.74, 6) is 0. The molecule has 0 aromatic heterocycles. The van der Waals surface area contributed by atoms with Gasteiger partial charge in [0.25, 0.3) is 0 Å². The van der Waals surface area contributed by atoms with Gasteiger partial charge in [-0.05, 0) is 38.7 Å². The largest absolute Gasteiger partial charge is 0.393 e. The van der Waals surface area contributed by atoms with Crippen molar-refractivity contribution >= 4 is 6.08 Å². The highest BCUT2D eigenvalue weighted by molar-refractivity contribution is 5.48. The van der Waals surface area contributed by atoms with Gasteiger partial charge in [-0.2, -0.15) is 0 Å². The fourth-order valence-corrected chi connectivity index (χ4v) is 2.64. The maximum atomic E-state index is 9.69. The molecule has 0 saturated carbocycles. The molecule has 0 radical (unpaired) electrons. The van der Waals surface area contributed by atoms with Crippen LogP contribution in [0.15, 0.2) is 48.1 Å². The van der Waals surface area contributed by atoms with Gasteiger partial charge in [-0.15, -0.1) is 0 Å². The van der Waals surface area contributed by atoms with Crippen molar-refractivity contribution in [3.63, 3.8) is 0 Å². The topological polar surface area (TPSA) is 29.5 Å². The van der Waals surface area contributed by atoms with Gasteiger partial charge in [0.05, 0.1) is 18.3 Å². The van der Waals surface area contributed by atoms with E-state index in [9.17, 15) is 5.11 Å². The van der Waals surface area contributed by atoms with E-state index in [1.807, 2.05) is 18.2 Å². The molecule has 0 spiro atoms. The summed E-state index contributed by atoms with van der Waals surface area (Å²) in [7, 11) is 0. The first-order chi connectivity index (χ1) is 9.63. The minimum absolute atomic E-state index is 0.0826. The minimum atomic E-state index is -0.401. The summed E-state index contributed by atoms with van der Waals surface area (Å²) in [6.45, 7) is 4.24. The summed E-state index contributed by atoms with van der Waals surface area (Å²) < 4.78 is 6.07. The molecule has 0 bridgehead atoms. The number of rotatable bonds is 5. The Hall–Kier alpha value is -1.38. The van der Waals surface area contributed by atoms with E-state index in [1.54, 1.807) is 0 Å². The number of hydrogen-bond acceptors (Lipinski definition) is 2. The van der Waals surface area contributed by atoms with Crippen LogP contribution in [0.5, 0.6) is 0 Å². The first-order valence-corrected chi connectivity index (χ1v) is 7.29. The molecular weight excluding hydrogens is 248 g/mol. The van der Waals surface area contributed by atoms with Crippen molar-refractivity contribution in [1.82, 2.24) is 0 Å². The van der Waals surface area contributed by atoms with Crippen LogP contribution in [0.3, 0.4) is 0 Å². The lowest BCUT2D eigenvalue weighted by atomic mass is 9.96. The molecular formula is C18H24O2. The fraction of sp³-hybridized carbons (Fsp3) is 0.444. The normalized spacial score (nSPS) is 26.1. The van der Waals surface area contributed by atoms with E-state index in [1.165, 1.54) is 11.1 Å². The highest BCUT2D eigenvalue weighted by Crippen LogP contribution is 2.34. The lowest BCUT2D eigenvalue weighted by molar-refractivity contribution is -0.0571. The van der Waals surface area contributed by atoms with Gasteiger partial charge in [-0.3, -0.25) is 0 Å². The van der Waals surface area contributed by atoms with Crippen molar-refractivity contribution in [2.45, 2.75) is 44.8 Å². The first-order valence-electron chi connectivity index (χ1n) is 7.29. The lowest BCUT2D eigenvalue weighted by Crippen LogP contribution is -2.32. The van der Waals surface area contributed by atoms with Crippen molar-refractivity contribution in [2.75, 3.05) is 6.61 Å². The SMILES string of the molecule is CC(C)=C[C@@H]1CC[C@](CO)(C/C=C/c2ccccc2)O1. The Morgan fingerprint density at radius 2 is 2.10 bits per heavy atom. The number of ether oxygens (including phenoxy) is 1. The van der Waals surface area contributed by atoms with Crippen molar-refractivity contribution in [3.8, 4) is 0 Å². The summed E-state index contributed by atoms with van der Waals surface area (Å²) in [5.41, 5.74) is 2.05. The third-order valence-electron chi connectivity index (χ3n) is 3.69. The molecule has 1 N–H and O–H groups in total. The Kier molecular flexibility index (Phi) is 5.16. The number of allylic oxidation sites excluding steroid dienone is 1. The summed E-state index contributed by atoms with van der Waals surface area (Å²) in [6.07, 6.45) is 9.16. The molecule has 1 aromatic carbocycles. The van der Waals surface area contributed by atoms with Gasteiger partial charge >= 0.3 is 0 Å². The van der Waals surface area contributed by atoms with Crippen LogP contribution in [0.2, 0.25) is 0 Å². The van der Waals surface area contributed by atoms with Crippen LogP contribution in [0, 0.1) is 0 Å². The highest BCUT2D eigenvalue weighted by Gasteiger charge is 2.37. The van der Waals surface area contributed by atoms with Crippen LogP contribution in [-0.4, -0.2) is 23.4 Å². The van der Waals surface area contributed by atoms with Crippen molar-refractivity contribution < 1.29 is 9.84 Å². The summed E-state index contributed by atoms with van der Waals surface area (Å²) in [6, 6.07) is 10.2. The van der Waals surface area contributed by atoms with Gasteiger partial charge < -0.3 is 9.84 Å². The van der Waals surface area contributed by atoms with Gasteiger partial charge in [0, 0.05) is 0 Å². The summed E-state index contributed by atoms with van der Waals surface area (Å²) >= 11 is 0. The van der Waals surface area contributed by atoms with Gasteiger partial charge in [-0.1, -0.05) is 54.1 Å². The lowest BCUT2D eigenvalue weighted by Gasteiger charge is -2.25. The molecule has 1 heterocycles. The molecule has 2 rings (SSSR count). The Bertz CT molecular complexity index is 471. The summed E-state index contributed by atoms with van der Waals surface area (Å²) in [5, 5.41) is 9.69. The van der Waals surface area contributed by atoms with Crippen LogP contribution < -0.4 is 0 Å². The fourth-order valence-electron chi connectivity index (χ4n) is 2.64. The molecule has 0 unspecified atom stereocenters. The molecule has 1 fully saturated rings. The molecule has 2 heteroatoms. The van der Waals surface area contributed by atoms with E-state index >= 15 is 0 Å². The molecule has 1 aliphatic heterocycles. The molecule has 2 nitrogen and oxygen atoms in total. The molecule has 1 aromatic rings. The number of aliphatic hydroxyl groups is 1. The molecule has 20 heavy (non-hydrogen) atoms. The Labute approximate surface area is 121 Å². The monoisotopic (exact) mass is 272 g/mol. The van der Waals surface area contributed by atoms with Crippen molar-refractivity contribution in [3.05, 3.63) is 53.6 Å². The van der Waals surface area contributed by atoms with E-state index in [-0.39, 0.29) is 12.7 Å². The second-order valence-electron chi connectivity index (χ2n) is 5.80. The Morgan fingerprint density at radius 1 is 1.35 bits per heavy atom. The predicted molar refractivity (Wildman–Crippen MR) is 83.4 cm³/mol. The van der Waals surface area contributed by atoms with Crippen molar-refractivity contribution in [1.29, 1.82) is 0 Å². The van der Waals surface area contributed by atoms with E-state index in [0.29, 0.717) is 0 Å². The zero-order valence-electron chi connectivity index (χ0n) is 12.4. The van der Waals surface area contributed by atoms with Crippen LogP contribution in [0.4, 0.5) is 0 Å². The first kappa shape index (κ1) is 15.0.